The zero-order chi connectivity index (χ0) is 21.5. The number of carbonyl (C=O) groups is 2. The molecule has 8 nitrogen and oxygen atoms in total. The van der Waals surface area contributed by atoms with Crippen LogP contribution in [0.4, 0.5) is 5.82 Å². The maximum absolute atomic E-state index is 12.7. The predicted molar refractivity (Wildman–Crippen MR) is 118 cm³/mol. The predicted octanol–water partition coefficient (Wildman–Crippen LogP) is 2.17. The van der Waals surface area contributed by atoms with Gasteiger partial charge in [0.05, 0.1) is 18.3 Å². The van der Waals surface area contributed by atoms with Crippen LogP contribution in [0.25, 0.3) is 0 Å². The Hall–Kier alpha value is -1.58. The Morgan fingerprint density at radius 3 is 2.67 bits per heavy atom. The summed E-state index contributed by atoms with van der Waals surface area (Å²) in [5.74, 6) is 0.563. The van der Waals surface area contributed by atoms with Crippen molar-refractivity contribution < 1.29 is 14.3 Å². The summed E-state index contributed by atoms with van der Waals surface area (Å²) in [6, 6.07) is 1.78. The fourth-order valence-corrected chi connectivity index (χ4v) is 4.76. The zero-order valence-electron chi connectivity index (χ0n) is 17.7. The van der Waals surface area contributed by atoms with Gasteiger partial charge in [-0.05, 0) is 26.3 Å². The highest BCUT2D eigenvalue weighted by Gasteiger charge is 2.29. The lowest BCUT2D eigenvalue weighted by Gasteiger charge is -2.34. The first-order valence-corrected chi connectivity index (χ1v) is 12.0. The number of thioether (sulfide) groups is 1. The topological polar surface area (TPSA) is 78.9 Å². The number of halogens is 1. The first kappa shape index (κ1) is 23.1. The van der Waals surface area contributed by atoms with Crippen molar-refractivity contribution in [3.8, 4) is 0 Å². The number of aromatic nitrogens is 2. The van der Waals surface area contributed by atoms with Crippen molar-refractivity contribution in [2.24, 2.45) is 5.92 Å². The normalized spacial score (nSPS) is 20.3. The fraction of sp³-hybridized carbons (Fsp3) is 0.700. The smallest absolute Gasteiger partial charge is 0.310 e. The summed E-state index contributed by atoms with van der Waals surface area (Å²) in [5.41, 5.74) is 0. The number of hydrogen-bond acceptors (Lipinski definition) is 8. The van der Waals surface area contributed by atoms with Crippen LogP contribution < -0.4 is 4.90 Å². The molecule has 1 aromatic heterocycles. The van der Waals surface area contributed by atoms with Crippen molar-refractivity contribution in [1.82, 2.24) is 19.8 Å². The number of amides is 1. The monoisotopic (exact) mass is 455 g/mol. The average Bonchev–Trinajstić information content (AvgIpc) is 2.77. The number of carbonyl (C=O) groups excluding carboxylic acids is 2. The molecule has 30 heavy (non-hydrogen) atoms. The van der Waals surface area contributed by atoms with Crippen LogP contribution in [-0.4, -0.2) is 89.8 Å². The number of likely N-dealkylation sites (N-methyl/N-ethyl adjacent to an activating group) is 1. The van der Waals surface area contributed by atoms with Gasteiger partial charge >= 0.3 is 5.97 Å². The quantitative estimate of drug-likeness (QED) is 0.268. The fourth-order valence-electron chi connectivity index (χ4n) is 3.78. The molecule has 0 aromatic carbocycles. The molecule has 0 saturated carbocycles. The summed E-state index contributed by atoms with van der Waals surface area (Å²) in [7, 11) is 0. The Labute approximate surface area is 187 Å². The highest BCUT2D eigenvalue weighted by molar-refractivity contribution is 7.99. The molecule has 2 saturated heterocycles. The van der Waals surface area contributed by atoms with Gasteiger partial charge < -0.3 is 19.4 Å². The number of rotatable bonds is 7. The van der Waals surface area contributed by atoms with Crippen LogP contribution in [0, 0.1) is 5.92 Å². The maximum Gasteiger partial charge on any atom is 0.310 e. The summed E-state index contributed by atoms with van der Waals surface area (Å²) in [5, 5.41) is 0.885. The van der Waals surface area contributed by atoms with Gasteiger partial charge in [0.15, 0.2) is 5.16 Å². The van der Waals surface area contributed by atoms with Crippen molar-refractivity contribution in [1.29, 1.82) is 0 Å². The number of nitrogens with zero attached hydrogens (tertiary/aromatic N) is 5. The van der Waals surface area contributed by atoms with Gasteiger partial charge in [-0.25, -0.2) is 9.97 Å². The number of piperidine rings is 1. The van der Waals surface area contributed by atoms with Crippen LogP contribution in [0.1, 0.15) is 26.7 Å². The van der Waals surface area contributed by atoms with Crippen LogP contribution in [0.15, 0.2) is 11.2 Å². The van der Waals surface area contributed by atoms with Crippen LogP contribution >= 0.6 is 23.4 Å². The highest BCUT2D eigenvalue weighted by Crippen LogP contribution is 2.24. The first-order chi connectivity index (χ1) is 14.5. The molecule has 0 radical (unpaired) electrons. The molecule has 0 bridgehead atoms. The lowest BCUT2D eigenvalue weighted by atomic mass is 9.98. The number of esters is 1. The van der Waals surface area contributed by atoms with Crippen LogP contribution in [0.2, 0.25) is 5.15 Å². The third-order valence-corrected chi connectivity index (χ3v) is 6.55. The first-order valence-electron chi connectivity index (χ1n) is 10.6. The average molecular weight is 456 g/mol. The second-order valence-corrected chi connectivity index (χ2v) is 8.80. The van der Waals surface area contributed by atoms with E-state index in [4.69, 9.17) is 16.3 Å². The Bertz CT molecular complexity index is 745. The molecule has 0 N–H and O–H groups in total. The van der Waals surface area contributed by atoms with Gasteiger partial charge in [-0.2, -0.15) is 0 Å². The van der Waals surface area contributed by atoms with Gasteiger partial charge in [0.2, 0.25) is 5.91 Å². The van der Waals surface area contributed by atoms with E-state index in [-0.39, 0.29) is 23.5 Å². The molecule has 10 heteroatoms. The lowest BCUT2D eigenvalue weighted by molar-refractivity contribution is -0.151. The maximum atomic E-state index is 12.7. The molecule has 166 valence electrons. The Balaban J connectivity index is 1.55. The second-order valence-electron chi connectivity index (χ2n) is 7.47. The van der Waals surface area contributed by atoms with E-state index < -0.39 is 0 Å². The lowest BCUT2D eigenvalue weighted by Crippen LogP contribution is -2.46. The molecule has 2 fully saturated rings. The molecular weight excluding hydrogens is 426 g/mol. The molecule has 3 rings (SSSR count). The molecule has 1 aromatic rings. The third-order valence-electron chi connectivity index (χ3n) is 5.52. The standard InChI is InChI=1S/C20H30ClN5O3S/c1-3-24-8-10-25(11-9-24)17-12-16(21)22-20(23-17)30-14-18(27)26-7-5-6-15(13-26)19(28)29-4-2/h12,15H,3-11,13-14H2,1-2H3. The summed E-state index contributed by atoms with van der Waals surface area (Å²) < 4.78 is 5.11. The van der Waals surface area contributed by atoms with Crippen molar-refractivity contribution >= 4 is 41.1 Å². The van der Waals surface area contributed by atoms with Gasteiger partial charge in [-0.15, -0.1) is 0 Å². The van der Waals surface area contributed by atoms with E-state index in [1.54, 1.807) is 17.9 Å². The molecule has 0 spiro atoms. The Morgan fingerprint density at radius 1 is 1.20 bits per heavy atom. The number of hydrogen-bond donors (Lipinski definition) is 0. The van der Waals surface area contributed by atoms with E-state index in [0.29, 0.717) is 30.0 Å². The van der Waals surface area contributed by atoms with Crippen LogP contribution in [0.3, 0.4) is 0 Å². The summed E-state index contributed by atoms with van der Waals surface area (Å²) in [4.78, 5) is 39.9. The molecule has 2 aliphatic rings. The number of anilines is 1. The number of ether oxygens (including phenoxy) is 1. The number of piperazine rings is 1. The van der Waals surface area contributed by atoms with Crippen molar-refractivity contribution in [2.45, 2.75) is 31.8 Å². The van der Waals surface area contributed by atoms with Gasteiger partial charge in [0, 0.05) is 45.3 Å². The van der Waals surface area contributed by atoms with Gasteiger partial charge in [-0.3, -0.25) is 9.59 Å². The summed E-state index contributed by atoms with van der Waals surface area (Å²) in [6.07, 6.45) is 1.57. The van der Waals surface area contributed by atoms with Gasteiger partial charge in [0.25, 0.3) is 0 Å². The minimum Gasteiger partial charge on any atom is -0.466 e. The van der Waals surface area contributed by atoms with Gasteiger partial charge in [-0.1, -0.05) is 30.3 Å². The van der Waals surface area contributed by atoms with E-state index in [1.807, 2.05) is 0 Å². The highest BCUT2D eigenvalue weighted by atomic mass is 35.5. The van der Waals surface area contributed by atoms with E-state index in [1.165, 1.54) is 11.8 Å². The molecule has 1 atom stereocenters. The van der Waals surface area contributed by atoms with Crippen molar-refractivity contribution in [3.63, 3.8) is 0 Å². The second kappa shape index (κ2) is 11.2. The minimum absolute atomic E-state index is 0.0179. The van der Waals surface area contributed by atoms with E-state index in [9.17, 15) is 9.59 Å². The SMILES string of the molecule is CCOC(=O)C1CCCN(C(=O)CSc2nc(Cl)cc(N3CCN(CC)CC3)n2)C1. The number of likely N-dealkylation sites (tertiary alicyclic amines) is 1. The third kappa shape index (κ3) is 6.21. The molecule has 1 amide bonds. The molecule has 2 aliphatic heterocycles. The van der Waals surface area contributed by atoms with E-state index >= 15 is 0 Å². The Morgan fingerprint density at radius 2 is 1.97 bits per heavy atom. The Kier molecular flexibility index (Phi) is 8.59. The molecule has 0 aliphatic carbocycles. The summed E-state index contributed by atoms with van der Waals surface area (Å²) in [6.45, 7) is 10.2. The van der Waals surface area contributed by atoms with Crippen molar-refractivity contribution in [2.75, 3.05) is 63.1 Å². The largest absolute Gasteiger partial charge is 0.466 e. The molecule has 1 unspecified atom stereocenters. The van der Waals surface area contributed by atoms with Crippen molar-refractivity contribution in [3.05, 3.63) is 11.2 Å². The van der Waals surface area contributed by atoms with E-state index in [2.05, 4.69) is 26.7 Å². The van der Waals surface area contributed by atoms with Crippen LogP contribution in [0.5, 0.6) is 0 Å². The summed E-state index contributed by atoms with van der Waals surface area (Å²) >= 11 is 7.51. The van der Waals surface area contributed by atoms with Gasteiger partial charge in [0.1, 0.15) is 11.0 Å². The zero-order valence-corrected chi connectivity index (χ0v) is 19.3. The molecular formula is C20H30ClN5O3S. The minimum atomic E-state index is -0.233. The van der Waals surface area contributed by atoms with E-state index in [0.717, 1.165) is 51.4 Å². The van der Waals surface area contributed by atoms with Crippen LogP contribution in [-0.2, 0) is 14.3 Å². The molecule has 3 heterocycles.